The lowest BCUT2D eigenvalue weighted by Gasteiger charge is -2.38. The SMILES string of the molecule is CC1(C)CN(C(=O)CCc2nc(-c3ccsc3)no2)CCO1. The molecule has 1 aliphatic heterocycles. The van der Waals surface area contributed by atoms with Gasteiger partial charge < -0.3 is 14.2 Å². The number of hydrogen-bond acceptors (Lipinski definition) is 6. The molecule has 0 radical (unpaired) electrons. The van der Waals surface area contributed by atoms with E-state index in [1.807, 2.05) is 35.6 Å². The predicted octanol–water partition coefficient (Wildman–Crippen LogP) is 2.37. The third kappa shape index (κ3) is 3.53. The lowest BCUT2D eigenvalue weighted by atomic mass is 10.1. The van der Waals surface area contributed by atoms with Crippen LogP contribution in [0.25, 0.3) is 11.4 Å². The van der Waals surface area contributed by atoms with Crippen molar-refractivity contribution in [2.75, 3.05) is 19.7 Å². The first-order chi connectivity index (χ1) is 10.5. The lowest BCUT2D eigenvalue weighted by molar-refractivity contribution is -0.145. The summed E-state index contributed by atoms with van der Waals surface area (Å²) in [4.78, 5) is 18.5. The molecule has 0 spiro atoms. The van der Waals surface area contributed by atoms with Gasteiger partial charge in [-0.05, 0) is 25.3 Å². The predicted molar refractivity (Wildman–Crippen MR) is 82.5 cm³/mol. The molecule has 0 saturated carbocycles. The van der Waals surface area contributed by atoms with Crippen LogP contribution in [-0.4, -0.2) is 46.2 Å². The molecular weight excluding hydrogens is 302 g/mol. The molecule has 6 nitrogen and oxygen atoms in total. The van der Waals surface area contributed by atoms with Crippen LogP contribution in [0.4, 0.5) is 0 Å². The molecule has 3 rings (SSSR count). The Hall–Kier alpha value is -1.73. The summed E-state index contributed by atoms with van der Waals surface area (Å²) in [5, 5.41) is 7.88. The normalized spacial score (nSPS) is 17.6. The number of thiophene rings is 1. The van der Waals surface area contributed by atoms with Crippen LogP contribution in [0.3, 0.4) is 0 Å². The van der Waals surface area contributed by atoms with Crippen LogP contribution >= 0.6 is 11.3 Å². The Balaban J connectivity index is 1.55. The topological polar surface area (TPSA) is 68.5 Å². The second-order valence-corrected chi connectivity index (χ2v) is 6.73. The summed E-state index contributed by atoms with van der Waals surface area (Å²) in [6.45, 7) is 5.85. The lowest BCUT2D eigenvalue weighted by Crippen LogP contribution is -2.50. The number of rotatable bonds is 4. The molecule has 1 amide bonds. The highest BCUT2D eigenvalue weighted by atomic mass is 32.1. The minimum Gasteiger partial charge on any atom is -0.372 e. The van der Waals surface area contributed by atoms with Crippen molar-refractivity contribution in [1.29, 1.82) is 0 Å². The van der Waals surface area contributed by atoms with Crippen molar-refractivity contribution in [3.05, 3.63) is 22.7 Å². The van der Waals surface area contributed by atoms with E-state index in [1.54, 1.807) is 11.3 Å². The first kappa shape index (κ1) is 15.2. The molecule has 0 aromatic carbocycles. The Labute approximate surface area is 133 Å². The maximum absolute atomic E-state index is 12.3. The maximum atomic E-state index is 12.3. The van der Waals surface area contributed by atoms with Crippen LogP contribution < -0.4 is 0 Å². The number of carbonyl (C=O) groups is 1. The second-order valence-electron chi connectivity index (χ2n) is 5.95. The number of aryl methyl sites for hydroxylation is 1. The van der Waals surface area contributed by atoms with Gasteiger partial charge in [-0.2, -0.15) is 16.3 Å². The fourth-order valence-corrected chi connectivity index (χ4v) is 3.10. The van der Waals surface area contributed by atoms with Gasteiger partial charge in [-0.25, -0.2) is 0 Å². The fraction of sp³-hybridized carbons (Fsp3) is 0.533. The Morgan fingerprint density at radius 2 is 2.36 bits per heavy atom. The van der Waals surface area contributed by atoms with Crippen molar-refractivity contribution in [1.82, 2.24) is 15.0 Å². The van der Waals surface area contributed by atoms with E-state index in [0.717, 1.165) is 5.56 Å². The molecule has 22 heavy (non-hydrogen) atoms. The molecule has 0 N–H and O–H groups in total. The zero-order valence-electron chi connectivity index (χ0n) is 12.7. The van der Waals surface area contributed by atoms with Crippen molar-refractivity contribution in [3.8, 4) is 11.4 Å². The Bertz CT molecular complexity index is 636. The molecule has 2 aromatic rings. The maximum Gasteiger partial charge on any atom is 0.227 e. The van der Waals surface area contributed by atoms with Gasteiger partial charge >= 0.3 is 0 Å². The minimum atomic E-state index is -0.273. The number of nitrogens with zero attached hydrogens (tertiary/aromatic N) is 3. The van der Waals surface area contributed by atoms with Crippen LogP contribution in [-0.2, 0) is 16.0 Å². The number of ether oxygens (including phenoxy) is 1. The van der Waals surface area contributed by atoms with Crippen LogP contribution in [0.5, 0.6) is 0 Å². The zero-order chi connectivity index (χ0) is 15.6. The first-order valence-electron chi connectivity index (χ1n) is 7.30. The number of morpholine rings is 1. The van der Waals surface area contributed by atoms with Crippen LogP contribution in [0.15, 0.2) is 21.3 Å². The molecular formula is C15H19N3O3S. The highest BCUT2D eigenvalue weighted by Crippen LogP contribution is 2.20. The number of carbonyl (C=O) groups excluding carboxylic acids is 1. The van der Waals surface area contributed by atoms with E-state index in [9.17, 15) is 4.79 Å². The van der Waals surface area contributed by atoms with E-state index in [4.69, 9.17) is 9.26 Å². The van der Waals surface area contributed by atoms with Gasteiger partial charge in [-0.1, -0.05) is 5.16 Å². The molecule has 0 bridgehead atoms. The van der Waals surface area contributed by atoms with Crippen molar-refractivity contribution in [3.63, 3.8) is 0 Å². The molecule has 1 fully saturated rings. The zero-order valence-corrected chi connectivity index (χ0v) is 13.6. The molecule has 2 aromatic heterocycles. The molecule has 0 atom stereocenters. The van der Waals surface area contributed by atoms with E-state index in [0.29, 0.717) is 44.3 Å². The average Bonchev–Trinajstić information content (AvgIpc) is 3.14. The summed E-state index contributed by atoms with van der Waals surface area (Å²) in [6.07, 6.45) is 0.842. The fourth-order valence-electron chi connectivity index (χ4n) is 2.47. The van der Waals surface area contributed by atoms with Gasteiger partial charge in [0.05, 0.1) is 12.2 Å². The highest BCUT2D eigenvalue weighted by Gasteiger charge is 2.29. The molecule has 1 saturated heterocycles. The second kappa shape index (κ2) is 6.18. The third-order valence-corrected chi connectivity index (χ3v) is 4.26. The highest BCUT2D eigenvalue weighted by molar-refractivity contribution is 7.08. The van der Waals surface area contributed by atoms with Crippen molar-refractivity contribution < 1.29 is 14.1 Å². The van der Waals surface area contributed by atoms with E-state index >= 15 is 0 Å². The van der Waals surface area contributed by atoms with Crippen molar-refractivity contribution in [2.24, 2.45) is 0 Å². The van der Waals surface area contributed by atoms with Gasteiger partial charge in [0.2, 0.25) is 17.6 Å². The van der Waals surface area contributed by atoms with Crippen LogP contribution in [0.2, 0.25) is 0 Å². The van der Waals surface area contributed by atoms with Crippen molar-refractivity contribution >= 4 is 17.2 Å². The van der Waals surface area contributed by atoms with Gasteiger partial charge in [-0.15, -0.1) is 0 Å². The molecule has 1 aliphatic rings. The number of aromatic nitrogens is 2. The molecule has 7 heteroatoms. The van der Waals surface area contributed by atoms with E-state index in [1.165, 1.54) is 0 Å². The van der Waals surface area contributed by atoms with Gasteiger partial charge in [-0.3, -0.25) is 4.79 Å². The van der Waals surface area contributed by atoms with E-state index in [2.05, 4.69) is 10.1 Å². The Kier molecular flexibility index (Phi) is 4.26. The monoisotopic (exact) mass is 321 g/mol. The Morgan fingerprint density at radius 1 is 1.50 bits per heavy atom. The minimum absolute atomic E-state index is 0.103. The first-order valence-corrected chi connectivity index (χ1v) is 8.25. The summed E-state index contributed by atoms with van der Waals surface area (Å²) >= 11 is 1.59. The average molecular weight is 321 g/mol. The summed E-state index contributed by atoms with van der Waals surface area (Å²) < 4.78 is 10.8. The van der Waals surface area contributed by atoms with Crippen LogP contribution in [0.1, 0.15) is 26.2 Å². The van der Waals surface area contributed by atoms with Crippen molar-refractivity contribution in [2.45, 2.75) is 32.3 Å². The molecule has 118 valence electrons. The quantitative estimate of drug-likeness (QED) is 0.865. The molecule has 3 heterocycles. The summed E-state index contributed by atoms with van der Waals surface area (Å²) in [5.74, 6) is 1.19. The third-order valence-electron chi connectivity index (χ3n) is 3.58. The number of amides is 1. The molecule has 0 aliphatic carbocycles. The summed E-state index contributed by atoms with van der Waals surface area (Å²) in [6, 6.07) is 1.94. The van der Waals surface area contributed by atoms with Gasteiger partial charge in [0.15, 0.2) is 0 Å². The molecule has 0 unspecified atom stereocenters. The number of hydrogen-bond donors (Lipinski definition) is 0. The largest absolute Gasteiger partial charge is 0.372 e. The Morgan fingerprint density at radius 3 is 3.09 bits per heavy atom. The standard InChI is InChI=1S/C15H19N3O3S/c1-15(2)10-18(6-7-20-15)13(19)4-3-12-16-14(17-21-12)11-5-8-22-9-11/h5,8-9H,3-4,6-7,10H2,1-2H3. The summed E-state index contributed by atoms with van der Waals surface area (Å²) in [7, 11) is 0. The smallest absolute Gasteiger partial charge is 0.227 e. The van der Waals surface area contributed by atoms with Gasteiger partial charge in [0.25, 0.3) is 0 Å². The van der Waals surface area contributed by atoms with Gasteiger partial charge in [0, 0.05) is 36.9 Å². The summed E-state index contributed by atoms with van der Waals surface area (Å²) in [5.41, 5.74) is 0.672. The van der Waals surface area contributed by atoms with Gasteiger partial charge in [0.1, 0.15) is 0 Å². The van der Waals surface area contributed by atoms with E-state index < -0.39 is 0 Å². The van der Waals surface area contributed by atoms with E-state index in [-0.39, 0.29) is 11.5 Å². The van der Waals surface area contributed by atoms with Crippen LogP contribution in [0, 0.1) is 0 Å².